The molecule has 0 saturated carbocycles. The molecule has 1 aromatic carbocycles. The molecule has 104 valence electrons. The average molecular weight is 280 g/mol. The van der Waals surface area contributed by atoms with Crippen LogP contribution in [0.5, 0.6) is 0 Å². The molecular weight excluding hydrogens is 258 g/mol. The van der Waals surface area contributed by atoms with Gasteiger partial charge in [-0.1, -0.05) is 39.0 Å². The number of hydrogen-bond donors (Lipinski definition) is 1. The highest BCUT2D eigenvalue weighted by Crippen LogP contribution is 2.30. The molecular formula is C16H22ClNO. The van der Waals surface area contributed by atoms with Crippen molar-refractivity contribution in [3.05, 3.63) is 35.0 Å². The third-order valence-corrected chi connectivity index (χ3v) is 4.62. The second kappa shape index (κ2) is 5.98. The fourth-order valence-electron chi connectivity index (χ4n) is 2.63. The van der Waals surface area contributed by atoms with Crippen molar-refractivity contribution in [1.82, 2.24) is 5.32 Å². The lowest BCUT2D eigenvalue weighted by Gasteiger charge is -2.32. The van der Waals surface area contributed by atoms with Crippen molar-refractivity contribution >= 4 is 22.6 Å². The molecule has 1 heterocycles. The maximum atomic E-state index is 6.22. The molecule has 0 atom stereocenters. The molecule has 3 heteroatoms. The Morgan fingerprint density at radius 1 is 1.11 bits per heavy atom. The van der Waals surface area contributed by atoms with Crippen LogP contribution in [0, 0.1) is 0 Å². The van der Waals surface area contributed by atoms with Gasteiger partial charge in [-0.05, 0) is 36.9 Å². The Balaban J connectivity index is 2.24. The van der Waals surface area contributed by atoms with Crippen LogP contribution in [0.4, 0.5) is 0 Å². The Hall–Kier alpha value is -0.990. The van der Waals surface area contributed by atoms with E-state index in [1.807, 2.05) is 18.2 Å². The van der Waals surface area contributed by atoms with Crippen molar-refractivity contribution < 1.29 is 4.42 Å². The molecule has 0 aliphatic heterocycles. The third-order valence-electron chi connectivity index (χ3n) is 4.32. The van der Waals surface area contributed by atoms with E-state index in [1.54, 1.807) is 0 Å². The van der Waals surface area contributed by atoms with Gasteiger partial charge in [0.15, 0.2) is 5.22 Å². The van der Waals surface area contributed by atoms with Gasteiger partial charge in [-0.25, -0.2) is 0 Å². The molecule has 2 nitrogen and oxygen atoms in total. The number of nitrogens with one attached hydrogen (secondary N) is 1. The van der Waals surface area contributed by atoms with E-state index in [1.165, 1.54) is 0 Å². The standard InChI is InChI=1S/C16H22ClNO/c1-4-16(5-2,6-3)18-11-13-12-9-7-8-10-14(12)19-15(13)17/h7-10,18H,4-6,11H2,1-3H3. The predicted octanol–water partition coefficient (Wildman–Crippen LogP) is 5.14. The van der Waals surface area contributed by atoms with Crippen LogP contribution in [-0.2, 0) is 6.54 Å². The minimum absolute atomic E-state index is 0.196. The predicted molar refractivity (Wildman–Crippen MR) is 81.7 cm³/mol. The SMILES string of the molecule is CCC(CC)(CC)NCc1c(Cl)oc2ccccc12. The van der Waals surface area contributed by atoms with E-state index < -0.39 is 0 Å². The summed E-state index contributed by atoms with van der Waals surface area (Å²) in [5.74, 6) is 0. The van der Waals surface area contributed by atoms with Crippen molar-refractivity contribution in [2.75, 3.05) is 0 Å². The van der Waals surface area contributed by atoms with Crippen LogP contribution in [0.15, 0.2) is 28.7 Å². The number of hydrogen-bond acceptors (Lipinski definition) is 2. The lowest BCUT2D eigenvalue weighted by atomic mass is 9.89. The number of fused-ring (bicyclic) bond motifs is 1. The van der Waals surface area contributed by atoms with Crippen LogP contribution in [0.3, 0.4) is 0 Å². The molecule has 1 aromatic heterocycles. The van der Waals surface area contributed by atoms with Crippen molar-refractivity contribution in [3.63, 3.8) is 0 Å². The topological polar surface area (TPSA) is 25.2 Å². The van der Waals surface area contributed by atoms with Crippen molar-refractivity contribution in [2.45, 2.75) is 52.1 Å². The molecule has 0 unspecified atom stereocenters. The Morgan fingerprint density at radius 3 is 2.37 bits per heavy atom. The van der Waals surface area contributed by atoms with Gasteiger partial charge in [0, 0.05) is 23.0 Å². The van der Waals surface area contributed by atoms with Gasteiger partial charge in [-0.15, -0.1) is 0 Å². The first kappa shape index (κ1) is 14.4. The number of para-hydroxylation sites is 1. The highest BCUT2D eigenvalue weighted by atomic mass is 35.5. The summed E-state index contributed by atoms with van der Waals surface area (Å²) in [6.45, 7) is 7.45. The first-order valence-corrected chi connectivity index (χ1v) is 7.44. The van der Waals surface area contributed by atoms with Gasteiger partial charge in [0.05, 0.1) is 0 Å². The van der Waals surface area contributed by atoms with E-state index in [4.69, 9.17) is 16.0 Å². The molecule has 0 saturated heterocycles. The Labute approximate surface area is 120 Å². The summed E-state index contributed by atoms with van der Waals surface area (Å²) in [7, 11) is 0. The van der Waals surface area contributed by atoms with Crippen LogP contribution in [0.1, 0.15) is 45.6 Å². The third kappa shape index (κ3) is 2.80. The lowest BCUT2D eigenvalue weighted by Crippen LogP contribution is -2.43. The smallest absolute Gasteiger partial charge is 0.199 e. The fraction of sp³-hybridized carbons (Fsp3) is 0.500. The average Bonchev–Trinajstić information content (AvgIpc) is 2.77. The van der Waals surface area contributed by atoms with Crippen LogP contribution < -0.4 is 5.32 Å². The van der Waals surface area contributed by atoms with Crippen molar-refractivity contribution in [2.24, 2.45) is 0 Å². The van der Waals surface area contributed by atoms with E-state index >= 15 is 0 Å². The van der Waals surface area contributed by atoms with Crippen molar-refractivity contribution in [1.29, 1.82) is 0 Å². The van der Waals surface area contributed by atoms with Crippen LogP contribution in [-0.4, -0.2) is 5.54 Å². The molecule has 0 aliphatic rings. The normalized spacial score (nSPS) is 12.2. The monoisotopic (exact) mass is 279 g/mol. The maximum Gasteiger partial charge on any atom is 0.199 e. The highest BCUT2D eigenvalue weighted by molar-refractivity contribution is 6.30. The van der Waals surface area contributed by atoms with E-state index in [0.29, 0.717) is 5.22 Å². The zero-order valence-electron chi connectivity index (χ0n) is 11.9. The van der Waals surface area contributed by atoms with Gasteiger partial charge >= 0.3 is 0 Å². The number of benzene rings is 1. The Bertz CT molecular complexity index is 534. The van der Waals surface area contributed by atoms with Crippen LogP contribution in [0.25, 0.3) is 11.0 Å². The zero-order valence-corrected chi connectivity index (χ0v) is 12.7. The molecule has 2 rings (SSSR count). The number of halogens is 1. The fourth-order valence-corrected chi connectivity index (χ4v) is 2.89. The van der Waals surface area contributed by atoms with Gasteiger partial charge in [0.25, 0.3) is 0 Å². The second-order valence-electron chi connectivity index (χ2n) is 5.05. The summed E-state index contributed by atoms with van der Waals surface area (Å²) < 4.78 is 5.59. The first-order chi connectivity index (χ1) is 9.15. The van der Waals surface area contributed by atoms with Gasteiger partial charge in [0.1, 0.15) is 5.58 Å². The van der Waals surface area contributed by atoms with Crippen LogP contribution in [0.2, 0.25) is 5.22 Å². The maximum absolute atomic E-state index is 6.22. The zero-order chi connectivity index (χ0) is 13.9. The minimum Gasteiger partial charge on any atom is -0.444 e. The molecule has 19 heavy (non-hydrogen) atoms. The van der Waals surface area contributed by atoms with E-state index in [9.17, 15) is 0 Å². The molecule has 0 amide bonds. The Kier molecular flexibility index (Phi) is 4.54. The molecule has 2 aromatic rings. The molecule has 1 N–H and O–H groups in total. The summed E-state index contributed by atoms with van der Waals surface area (Å²) in [5.41, 5.74) is 2.12. The molecule has 0 fully saturated rings. The molecule has 0 spiro atoms. The van der Waals surface area contributed by atoms with Gasteiger partial charge in [-0.3, -0.25) is 0 Å². The molecule has 0 radical (unpaired) electrons. The summed E-state index contributed by atoms with van der Waals surface area (Å²) in [6.07, 6.45) is 3.36. The highest BCUT2D eigenvalue weighted by Gasteiger charge is 2.24. The van der Waals surface area contributed by atoms with E-state index in [0.717, 1.165) is 42.3 Å². The van der Waals surface area contributed by atoms with Gasteiger partial charge in [0.2, 0.25) is 0 Å². The van der Waals surface area contributed by atoms with Crippen LogP contribution >= 0.6 is 11.6 Å². The summed E-state index contributed by atoms with van der Waals surface area (Å²) in [6, 6.07) is 8.00. The van der Waals surface area contributed by atoms with Gasteiger partial charge in [-0.2, -0.15) is 0 Å². The summed E-state index contributed by atoms with van der Waals surface area (Å²) in [5, 5.41) is 5.29. The second-order valence-corrected chi connectivity index (χ2v) is 5.39. The lowest BCUT2D eigenvalue weighted by molar-refractivity contribution is 0.288. The van der Waals surface area contributed by atoms with Crippen molar-refractivity contribution in [3.8, 4) is 0 Å². The number of furan rings is 1. The number of rotatable bonds is 6. The molecule has 0 bridgehead atoms. The Morgan fingerprint density at radius 2 is 1.74 bits per heavy atom. The van der Waals surface area contributed by atoms with E-state index in [2.05, 4.69) is 32.2 Å². The first-order valence-electron chi connectivity index (χ1n) is 7.06. The quantitative estimate of drug-likeness (QED) is 0.791. The summed E-state index contributed by atoms with van der Waals surface area (Å²) in [4.78, 5) is 0. The molecule has 0 aliphatic carbocycles. The minimum atomic E-state index is 0.196. The summed E-state index contributed by atoms with van der Waals surface area (Å²) >= 11 is 6.22. The van der Waals surface area contributed by atoms with E-state index in [-0.39, 0.29) is 5.54 Å². The largest absolute Gasteiger partial charge is 0.444 e. The van der Waals surface area contributed by atoms with Gasteiger partial charge < -0.3 is 9.73 Å².